The minimum absolute atomic E-state index is 0.433. The van der Waals surface area contributed by atoms with Gasteiger partial charge in [0, 0.05) is 15.0 Å². The summed E-state index contributed by atoms with van der Waals surface area (Å²) in [5.74, 6) is 0.638. The van der Waals surface area contributed by atoms with E-state index in [0.29, 0.717) is 12.0 Å². The molecule has 0 amide bonds. The minimum atomic E-state index is 0.433. The van der Waals surface area contributed by atoms with Crippen LogP contribution < -0.4 is 5.32 Å². The van der Waals surface area contributed by atoms with E-state index in [-0.39, 0.29) is 0 Å². The SMILES string of the molecule is CCCNC(c1ccc(Br)cc1Br)C(C)CC. The highest BCUT2D eigenvalue weighted by Crippen LogP contribution is 2.32. The van der Waals surface area contributed by atoms with Crippen LogP contribution in [0.4, 0.5) is 0 Å². The van der Waals surface area contributed by atoms with Crippen molar-refractivity contribution < 1.29 is 0 Å². The van der Waals surface area contributed by atoms with Gasteiger partial charge in [0.2, 0.25) is 0 Å². The van der Waals surface area contributed by atoms with Gasteiger partial charge in [0.05, 0.1) is 0 Å². The first kappa shape index (κ1) is 15.2. The largest absolute Gasteiger partial charge is 0.310 e. The van der Waals surface area contributed by atoms with Gasteiger partial charge in [0.1, 0.15) is 0 Å². The van der Waals surface area contributed by atoms with Gasteiger partial charge in [-0.3, -0.25) is 0 Å². The van der Waals surface area contributed by atoms with Crippen molar-refractivity contribution in [2.75, 3.05) is 6.54 Å². The van der Waals surface area contributed by atoms with Crippen molar-refractivity contribution in [3.05, 3.63) is 32.7 Å². The van der Waals surface area contributed by atoms with Crippen LogP contribution in [0.2, 0.25) is 0 Å². The molecule has 0 bridgehead atoms. The van der Waals surface area contributed by atoms with E-state index in [1.807, 2.05) is 0 Å². The molecule has 0 radical (unpaired) electrons. The van der Waals surface area contributed by atoms with Gasteiger partial charge < -0.3 is 5.32 Å². The summed E-state index contributed by atoms with van der Waals surface area (Å²) in [5, 5.41) is 3.65. The Morgan fingerprint density at radius 1 is 1.24 bits per heavy atom. The standard InChI is InChI=1S/C14H21Br2N/c1-4-8-17-14(10(3)5-2)12-7-6-11(15)9-13(12)16/h6-7,9-10,14,17H,4-5,8H2,1-3H3. The lowest BCUT2D eigenvalue weighted by Crippen LogP contribution is -2.27. The Kier molecular flexibility index (Phi) is 6.75. The van der Waals surface area contributed by atoms with Gasteiger partial charge in [-0.25, -0.2) is 0 Å². The van der Waals surface area contributed by atoms with Gasteiger partial charge >= 0.3 is 0 Å². The van der Waals surface area contributed by atoms with Crippen molar-refractivity contribution in [1.82, 2.24) is 5.32 Å². The number of rotatable bonds is 6. The molecule has 17 heavy (non-hydrogen) atoms. The van der Waals surface area contributed by atoms with Crippen LogP contribution in [0, 0.1) is 5.92 Å². The molecule has 0 aliphatic heterocycles. The lowest BCUT2D eigenvalue weighted by atomic mass is 9.92. The number of halogens is 2. The highest BCUT2D eigenvalue weighted by atomic mass is 79.9. The van der Waals surface area contributed by atoms with Gasteiger partial charge in [-0.1, -0.05) is 65.1 Å². The Morgan fingerprint density at radius 2 is 1.94 bits per heavy atom. The molecule has 2 unspecified atom stereocenters. The van der Waals surface area contributed by atoms with Crippen LogP contribution in [0.1, 0.15) is 45.2 Å². The average Bonchev–Trinajstić information content (AvgIpc) is 2.31. The van der Waals surface area contributed by atoms with Gasteiger partial charge in [0.25, 0.3) is 0 Å². The smallest absolute Gasteiger partial charge is 0.0357 e. The maximum Gasteiger partial charge on any atom is 0.0357 e. The lowest BCUT2D eigenvalue weighted by Gasteiger charge is -2.26. The third kappa shape index (κ3) is 4.38. The van der Waals surface area contributed by atoms with E-state index < -0.39 is 0 Å². The quantitative estimate of drug-likeness (QED) is 0.724. The molecule has 0 heterocycles. The molecule has 0 aliphatic carbocycles. The van der Waals surface area contributed by atoms with Crippen molar-refractivity contribution in [3.8, 4) is 0 Å². The van der Waals surface area contributed by atoms with Gasteiger partial charge in [0.15, 0.2) is 0 Å². The van der Waals surface area contributed by atoms with Gasteiger partial charge in [-0.2, -0.15) is 0 Å². The number of benzene rings is 1. The molecule has 0 saturated heterocycles. The molecule has 2 atom stereocenters. The van der Waals surface area contributed by atoms with E-state index >= 15 is 0 Å². The van der Waals surface area contributed by atoms with Crippen molar-refractivity contribution >= 4 is 31.9 Å². The summed E-state index contributed by atoms with van der Waals surface area (Å²) in [6.45, 7) is 7.83. The molecule has 3 heteroatoms. The predicted octanol–water partition coefficient (Wildman–Crippen LogP) is 5.30. The fourth-order valence-electron chi connectivity index (χ4n) is 1.91. The molecule has 96 valence electrons. The highest BCUT2D eigenvalue weighted by Gasteiger charge is 2.19. The van der Waals surface area contributed by atoms with Crippen LogP contribution in [-0.4, -0.2) is 6.54 Å². The average molecular weight is 363 g/mol. The molecule has 0 aromatic heterocycles. The molecular formula is C14H21Br2N. The van der Waals surface area contributed by atoms with Gasteiger partial charge in [-0.05, 0) is 36.6 Å². The Morgan fingerprint density at radius 3 is 2.47 bits per heavy atom. The molecule has 1 rings (SSSR count). The second kappa shape index (κ2) is 7.55. The van der Waals surface area contributed by atoms with E-state index in [0.717, 1.165) is 11.0 Å². The Balaban J connectivity index is 2.95. The molecule has 1 aromatic rings. The van der Waals surface area contributed by atoms with Crippen molar-refractivity contribution in [2.24, 2.45) is 5.92 Å². The molecule has 1 aromatic carbocycles. The molecule has 1 N–H and O–H groups in total. The van der Waals surface area contributed by atoms with Crippen LogP contribution in [0.5, 0.6) is 0 Å². The van der Waals surface area contributed by atoms with E-state index in [1.54, 1.807) is 0 Å². The summed E-state index contributed by atoms with van der Waals surface area (Å²) in [7, 11) is 0. The van der Waals surface area contributed by atoms with Crippen molar-refractivity contribution in [1.29, 1.82) is 0 Å². The van der Waals surface area contributed by atoms with Crippen LogP contribution >= 0.6 is 31.9 Å². The first-order valence-corrected chi connectivity index (χ1v) is 7.87. The molecule has 0 spiro atoms. The van der Waals surface area contributed by atoms with Gasteiger partial charge in [-0.15, -0.1) is 0 Å². The maximum atomic E-state index is 3.67. The summed E-state index contributed by atoms with van der Waals surface area (Å²) in [5.41, 5.74) is 1.36. The molecular weight excluding hydrogens is 342 g/mol. The summed E-state index contributed by atoms with van der Waals surface area (Å²) in [6.07, 6.45) is 2.35. The van der Waals surface area contributed by atoms with E-state index in [1.165, 1.54) is 22.9 Å². The maximum absolute atomic E-state index is 3.67. The Bertz CT molecular complexity index is 352. The zero-order valence-electron chi connectivity index (χ0n) is 10.8. The normalized spacial score (nSPS) is 14.6. The minimum Gasteiger partial charge on any atom is -0.310 e. The van der Waals surface area contributed by atoms with Crippen molar-refractivity contribution in [3.63, 3.8) is 0 Å². The molecule has 0 aliphatic rings. The van der Waals surface area contributed by atoms with Crippen LogP contribution in [0.15, 0.2) is 27.1 Å². The fourth-order valence-corrected chi connectivity index (χ4v) is 3.20. The zero-order valence-corrected chi connectivity index (χ0v) is 13.9. The lowest BCUT2D eigenvalue weighted by molar-refractivity contribution is 0.376. The summed E-state index contributed by atoms with van der Waals surface area (Å²) < 4.78 is 2.30. The fraction of sp³-hybridized carbons (Fsp3) is 0.571. The number of nitrogens with one attached hydrogen (secondary N) is 1. The summed E-state index contributed by atoms with van der Waals surface area (Å²) >= 11 is 7.17. The van der Waals surface area contributed by atoms with E-state index in [2.05, 4.69) is 76.1 Å². The number of hydrogen-bond acceptors (Lipinski definition) is 1. The topological polar surface area (TPSA) is 12.0 Å². The van der Waals surface area contributed by atoms with E-state index in [4.69, 9.17) is 0 Å². The first-order chi connectivity index (χ1) is 8.10. The highest BCUT2D eigenvalue weighted by molar-refractivity contribution is 9.11. The third-order valence-corrected chi connectivity index (χ3v) is 4.30. The van der Waals surface area contributed by atoms with Crippen LogP contribution in [0.3, 0.4) is 0 Å². The van der Waals surface area contributed by atoms with Crippen LogP contribution in [-0.2, 0) is 0 Å². The third-order valence-electron chi connectivity index (χ3n) is 3.12. The van der Waals surface area contributed by atoms with Crippen LogP contribution in [0.25, 0.3) is 0 Å². The second-order valence-electron chi connectivity index (χ2n) is 4.48. The summed E-state index contributed by atoms with van der Waals surface area (Å²) in [4.78, 5) is 0. The Hall–Kier alpha value is 0.140. The predicted molar refractivity (Wildman–Crippen MR) is 82.3 cm³/mol. The van der Waals surface area contributed by atoms with E-state index in [9.17, 15) is 0 Å². The molecule has 1 nitrogen and oxygen atoms in total. The summed E-state index contributed by atoms with van der Waals surface area (Å²) in [6, 6.07) is 6.87. The first-order valence-electron chi connectivity index (χ1n) is 6.28. The Labute approximate surface area is 122 Å². The second-order valence-corrected chi connectivity index (χ2v) is 6.25. The van der Waals surface area contributed by atoms with Crippen molar-refractivity contribution in [2.45, 2.75) is 39.7 Å². The monoisotopic (exact) mass is 361 g/mol. The number of hydrogen-bond donors (Lipinski definition) is 1. The molecule has 0 fully saturated rings. The zero-order chi connectivity index (χ0) is 12.8. The molecule has 0 saturated carbocycles.